The third-order valence-corrected chi connectivity index (χ3v) is 5.10. The van der Waals surface area contributed by atoms with Gasteiger partial charge in [-0.05, 0) is 37.5 Å². The Balaban J connectivity index is 1.99. The molecule has 0 bridgehead atoms. The van der Waals surface area contributed by atoms with E-state index in [-0.39, 0.29) is 0 Å². The minimum absolute atomic E-state index is 0.627. The van der Waals surface area contributed by atoms with Crippen LogP contribution in [0.4, 0.5) is 0 Å². The molecule has 16 heavy (non-hydrogen) atoms. The number of aliphatic hydroxyl groups is 1. The number of hydrogen-bond acceptors (Lipinski definition) is 3. The number of thiazole rings is 1. The number of nitrogens with zero attached hydrogens (tertiary/aromatic N) is 1. The first-order valence-electron chi connectivity index (χ1n) is 6.28. The summed E-state index contributed by atoms with van der Waals surface area (Å²) in [6.07, 6.45) is 7.10. The van der Waals surface area contributed by atoms with Gasteiger partial charge in [-0.3, -0.25) is 0 Å². The molecular weight excluding hydrogens is 218 g/mol. The average molecular weight is 239 g/mol. The van der Waals surface area contributed by atoms with Gasteiger partial charge in [0.2, 0.25) is 0 Å². The molecule has 2 nitrogen and oxygen atoms in total. The van der Waals surface area contributed by atoms with Gasteiger partial charge < -0.3 is 5.11 Å². The Morgan fingerprint density at radius 3 is 2.75 bits per heavy atom. The lowest BCUT2D eigenvalue weighted by Crippen LogP contribution is -2.33. The zero-order chi connectivity index (χ0) is 11.6. The third kappa shape index (κ3) is 2.30. The molecule has 1 aliphatic rings. The van der Waals surface area contributed by atoms with Crippen molar-refractivity contribution in [3.8, 4) is 0 Å². The molecule has 0 amide bonds. The first kappa shape index (κ1) is 12.1. The van der Waals surface area contributed by atoms with Crippen molar-refractivity contribution in [2.45, 2.75) is 51.6 Å². The molecule has 2 rings (SSSR count). The fourth-order valence-corrected chi connectivity index (χ4v) is 3.48. The molecule has 1 aromatic rings. The minimum Gasteiger partial charge on any atom is -0.383 e. The molecule has 0 spiro atoms. The van der Waals surface area contributed by atoms with Crippen LogP contribution in [0.1, 0.15) is 51.0 Å². The highest BCUT2D eigenvalue weighted by molar-refractivity contribution is 7.09. The zero-order valence-electron chi connectivity index (χ0n) is 10.1. The summed E-state index contributed by atoms with van der Waals surface area (Å²) in [7, 11) is 0. The molecule has 1 aromatic heterocycles. The van der Waals surface area contributed by atoms with Crippen molar-refractivity contribution in [1.82, 2.24) is 4.98 Å². The molecule has 0 radical (unpaired) electrons. The first-order chi connectivity index (χ1) is 7.65. The van der Waals surface area contributed by atoms with Crippen LogP contribution in [-0.2, 0) is 5.60 Å². The van der Waals surface area contributed by atoms with E-state index in [1.165, 1.54) is 6.42 Å². The molecule has 1 N–H and O–H groups in total. The van der Waals surface area contributed by atoms with Crippen LogP contribution in [0.25, 0.3) is 0 Å². The van der Waals surface area contributed by atoms with E-state index in [4.69, 9.17) is 0 Å². The standard InChI is InChI=1S/C13H21NOS/c1-3-10(2)11-4-6-13(15,7-5-11)12-14-8-9-16-12/h8-11,15H,3-7H2,1-2H3. The van der Waals surface area contributed by atoms with Crippen LogP contribution in [0.3, 0.4) is 0 Å². The zero-order valence-corrected chi connectivity index (χ0v) is 11.0. The van der Waals surface area contributed by atoms with E-state index in [2.05, 4.69) is 18.8 Å². The van der Waals surface area contributed by atoms with Gasteiger partial charge in [0.05, 0.1) is 0 Å². The molecule has 1 atom stereocenters. The monoisotopic (exact) mass is 239 g/mol. The SMILES string of the molecule is CCC(C)C1CCC(O)(c2nccs2)CC1. The van der Waals surface area contributed by atoms with Crippen LogP contribution in [0, 0.1) is 11.8 Å². The van der Waals surface area contributed by atoms with Crippen LogP contribution in [0.5, 0.6) is 0 Å². The molecule has 0 aliphatic heterocycles. The molecule has 0 saturated heterocycles. The Hall–Kier alpha value is -0.410. The molecule has 1 fully saturated rings. The molecule has 90 valence electrons. The molecule has 1 saturated carbocycles. The summed E-state index contributed by atoms with van der Waals surface area (Å²) < 4.78 is 0. The second kappa shape index (κ2) is 4.84. The fraction of sp³-hybridized carbons (Fsp3) is 0.769. The molecule has 1 aliphatic carbocycles. The van der Waals surface area contributed by atoms with Gasteiger partial charge >= 0.3 is 0 Å². The van der Waals surface area contributed by atoms with E-state index in [0.29, 0.717) is 0 Å². The Morgan fingerprint density at radius 1 is 1.56 bits per heavy atom. The lowest BCUT2D eigenvalue weighted by Gasteiger charge is -2.36. The average Bonchev–Trinajstić information content (AvgIpc) is 2.83. The molecular formula is C13H21NOS. The Morgan fingerprint density at radius 2 is 2.25 bits per heavy atom. The van der Waals surface area contributed by atoms with Crippen molar-refractivity contribution in [1.29, 1.82) is 0 Å². The van der Waals surface area contributed by atoms with Crippen LogP contribution in [-0.4, -0.2) is 10.1 Å². The van der Waals surface area contributed by atoms with Gasteiger partial charge in [-0.2, -0.15) is 0 Å². The second-order valence-electron chi connectivity index (χ2n) is 5.09. The lowest BCUT2D eigenvalue weighted by atomic mass is 9.74. The van der Waals surface area contributed by atoms with E-state index in [9.17, 15) is 5.11 Å². The molecule has 1 heterocycles. The Labute approximate surface area is 102 Å². The number of hydrogen-bond donors (Lipinski definition) is 1. The lowest BCUT2D eigenvalue weighted by molar-refractivity contribution is -0.0214. The van der Waals surface area contributed by atoms with Crippen LogP contribution < -0.4 is 0 Å². The highest BCUT2D eigenvalue weighted by atomic mass is 32.1. The minimum atomic E-state index is -0.627. The van der Waals surface area contributed by atoms with Gasteiger partial charge in [-0.25, -0.2) is 4.98 Å². The highest BCUT2D eigenvalue weighted by Gasteiger charge is 2.37. The van der Waals surface area contributed by atoms with Gasteiger partial charge in [0.15, 0.2) is 0 Å². The smallest absolute Gasteiger partial charge is 0.124 e. The predicted octanol–water partition coefficient (Wildman–Crippen LogP) is 3.57. The van der Waals surface area contributed by atoms with Crippen molar-refractivity contribution >= 4 is 11.3 Å². The van der Waals surface area contributed by atoms with Crippen LogP contribution in [0.15, 0.2) is 11.6 Å². The predicted molar refractivity (Wildman–Crippen MR) is 67.4 cm³/mol. The fourth-order valence-electron chi connectivity index (χ4n) is 2.69. The van der Waals surface area contributed by atoms with E-state index in [0.717, 1.165) is 42.5 Å². The summed E-state index contributed by atoms with van der Waals surface area (Å²) in [5.41, 5.74) is -0.627. The summed E-state index contributed by atoms with van der Waals surface area (Å²) >= 11 is 1.58. The highest BCUT2D eigenvalue weighted by Crippen LogP contribution is 2.42. The van der Waals surface area contributed by atoms with Crippen molar-refractivity contribution in [3.05, 3.63) is 16.6 Å². The van der Waals surface area contributed by atoms with Crippen molar-refractivity contribution in [3.63, 3.8) is 0 Å². The third-order valence-electron chi connectivity index (χ3n) is 4.14. The summed E-state index contributed by atoms with van der Waals surface area (Å²) in [4.78, 5) is 4.27. The summed E-state index contributed by atoms with van der Waals surface area (Å²) in [5.74, 6) is 1.59. The second-order valence-corrected chi connectivity index (χ2v) is 5.99. The van der Waals surface area contributed by atoms with Gasteiger partial charge in [-0.1, -0.05) is 20.3 Å². The van der Waals surface area contributed by atoms with E-state index >= 15 is 0 Å². The maximum absolute atomic E-state index is 10.6. The molecule has 0 aromatic carbocycles. The first-order valence-corrected chi connectivity index (χ1v) is 7.16. The van der Waals surface area contributed by atoms with Gasteiger partial charge in [0.25, 0.3) is 0 Å². The van der Waals surface area contributed by atoms with Crippen molar-refractivity contribution < 1.29 is 5.11 Å². The van der Waals surface area contributed by atoms with Crippen LogP contribution in [0.2, 0.25) is 0 Å². The summed E-state index contributed by atoms with van der Waals surface area (Å²) in [5, 5.41) is 13.4. The summed E-state index contributed by atoms with van der Waals surface area (Å²) in [6.45, 7) is 4.59. The van der Waals surface area contributed by atoms with Crippen molar-refractivity contribution in [2.24, 2.45) is 11.8 Å². The maximum atomic E-state index is 10.6. The van der Waals surface area contributed by atoms with E-state index < -0.39 is 5.60 Å². The van der Waals surface area contributed by atoms with E-state index in [1.807, 2.05) is 5.38 Å². The number of rotatable bonds is 3. The Kier molecular flexibility index (Phi) is 3.65. The quantitative estimate of drug-likeness (QED) is 0.874. The maximum Gasteiger partial charge on any atom is 0.124 e. The van der Waals surface area contributed by atoms with Gasteiger partial charge in [-0.15, -0.1) is 11.3 Å². The molecule has 1 unspecified atom stereocenters. The van der Waals surface area contributed by atoms with Crippen LogP contribution >= 0.6 is 11.3 Å². The van der Waals surface area contributed by atoms with E-state index in [1.54, 1.807) is 17.5 Å². The van der Waals surface area contributed by atoms with Crippen molar-refractivity contribution in [2.75, 3.05) is 0 Å². The van der Waals surface area contributed by atoms with Gasteiger partial charge in [0.1, 0.15) is 10.6 Å². The summed E-state index contributed by atoms with van der Waals surface area (Å²) in [6, 6.07) is 0. The Bertz CT molecular complexity index is 315. The molecule has 3 heteroatoms. The number of aromatic nitrogens is 1. The normalized spacial score (nSPS) is 32.6. The topological polar surface area (TPSA) is 33.1 Å². The van der Waals surface area contributed by atoms with Gasteiger partial charge in [0, 0.05) is 11.6 Å². The largest absolute Gasteiger partial charge is 0.383 e.